The summed E-state index contributed by atoms with van der Waals surface area (Å²) in [7, 11) is -2.02. The number of ketones is 1. The number of alkyl halides is 3. The highest BCUT2D eigenvalue weighted by molar-refractivity contribution is 6.74. The van der Waals surface area contributed by atoms with Crippen LogP contribution in [0.3, 0.4) is 0 Å². The molecule has 17 heavy (non-hydrogen) atoms. The van der Waals surface area contributed by atoms with Gasteiger partial charge in [-0.3, -0.25) is 4.79 Å². The molecule has 0 saturated carbocycles. The molecule has 98 valence electrons. The Kier molecular flexibility index (Phi) is 4.98. The molecule has 0 heterocycles. The van der Waals surface area contributed by atoms with Gasteiger partial charge in [-0.15, -0.1) is 0 Å². The van der Waals surface area contributed by atoms with E-state index in [0.29, 0.717) is 0 Å². The van der Waals surface area contributed by atoms with Gasteiger partial charge < -0.3 is 4.43 Å². The Balaban J connectivity index is 4.37. The molecule has 0 N–H and O–H groups in total. The SMILES string of the molecule is CC(C)(C)[Si](C)(C)OCC#CC(=O)C(F)(F)F. The van der Waals surface area contributed by atoms with Crippen LogP contribution in [0.25, 0.3) is 0 Å². The molecule has 0 atom stereocenters. The fraction of sp³-hybridized carbons (Fsp3) is 0.727. The monoisotopic (exact) mass is 266 g/mol. The van der Waals surface area contributed by atoms with E-state index in [1.165, 1.54) is 5.92 Å². The first kappa shape index (κ1) is 16.2. The molecule has 0 spiro atoms. The van der Waals surface area contributed by atoms with Crippen LogP contribution in [0, 0.1) is 11.8 Å². The second-order valence-corrected chi connectivity index (χ2v) is 9.99. The van der Waals surface area contributed by atoms with E-state index < -0.39 is 20.3 Å². The number of halogens is 3. The normalized spacial score (nSPS) is 12.9. The molecule has 0 aromatic heterocycles. The molecule has 0 aromatic carbocycles. The van der Waals surface area contributed by atoms with E-state index in [2.05, 4.69) is 5.92 Å². The van der Waals surface area contributed by atoms with Crippen LogP contribution in [-0.4, -0.2) is 26.9 Å². The molecule has 0 rings (SSSR count). The molecule has 0 fully saturated rings. The Morgan fingerprint density at radius 1 is 1.24 bits per heavy atom. The van der Waals surface area contributed by atoms with Gasteiger partial charge in [0.15, 0.2) is 8.32 Å². The van der Waals surface area contributed by atoms with Crippen molar-refractivity contribution in [3.63, 3.8) is 0 Å². The lowest BCUT2D eigenvalue weighted by atomic mass is 10.2. The van der Waals surface area contributed by atoms with Crippen molar-refractivity contribution in [2.45, 2.75) is 45.1 Å². The summed E-state index contributed by atoms with van der Waals surface area (Å²) >= 11 is 0. The van der Waals surface area contributed by atoms with Crippen molar-refractivity contribution in [2.75, 3.05) is 6.61 Å². The Bertz CT molecular complexity index is 342. The maximum atomic E-state index is 11.8. The fourth-order valence-corrected chi connectivity index (χ4v) is 1.49. The molecule has 0 amide bonds. The Morgan fingerprint density at radius 2 is 1.71 bits per heavy atom. The number of carbonyl (C=O) groups excluding carboxylic acids is 1. The fourth-order valence-electron chi connectivity index (χ4n) is 0.620. The lowest BCUT2D eigenvalue weighted by Gasteiger charge is -2.35. The minimum atomic E-state index is -4.88. The van der Waals surface area contributed by atoms with Crippen LogP contribution < -0.4 is 0 Å². The maximum absolute atomic E-state index is 11.8. The van der Waals surface area contributed by atoms with E-state index >= 15 is 0 Å². The largest absolute Gasteiger partial charge is 0.462 e. The average Bonchev–Trinajstić information content (AvgIpc) is 2.08. The van der Waals surface area contributed by atoms with E-state index in [0.717, 1.165) is 0 Å². The number of hydrogen-bond acceptors (Lipinski definition) is 2. The number of carbonyl (C=O) groups is 1. The first-order valence-electron chi connectivity index (χ1n) is 5.12. The van der Waals surface area contributed by atoms with Gasteiger partial charge in [0.25, 0.3) is 0 Å². The molecular formula is C11H17F3O2Si. The second-order valence-electron chi connectivity index (χ2n) is 5.18. The molecule has 0 aliphatic carbocycles. The van der Waals surface area contributed by atoms with Gasteiger partial charge in [-0.2, -0.15) is 13.2 Å². The standard InChI is InChI=1S/C11H17F3O2Si/c1-10(2,3)17(4,5)16-8-6-7-9(15)11(12,13)14/h8H2,1-5H3. The van der Waals surface area contributed by atoms with Crippen LogP contribution in [0.15, 0.2) is 0 Å². The molecule has 0 unspecified atom stereocenters. The van der Waals surface area contributed by atoms with Crippen LogP contribution in [0.1, 0.15) is 20.8 Å². The Labute approximate surface area is 101 Å². The summed E-state index contributed by atoms with van der Waals surface area (Å²) in [6.45, 7) is 9.80. The summed E-state index contributed by atoms with van der Waals surface area (Å²) in [5.74, 6) is 1.61. The Hall–Kier alpha value is -0.803. The first-order valence-corrected chi connectivity index (χ1v) is 8.03. The van der Waals surface area contributed by atoms with Gasteiger partial charge in [0.1, 0.15) is 0 Å². The highest BCUT2D eigenvalue weighted by Gasteiger charge is 2.38. The van der Waals surface area contributed by atoms with Gasteiger partial charge in [0.05, 0.1) is 6.61 Å². The summed E-state index contributed by atoms with van der Waals surface area (Å²) in [5, 5.41) is -0.0390. The lowest BCUT2D eigenvalue weighted by Crippen LogP contribution is -2.40. The third-order valence-corrected chi connectivity index (χ3v) is 7.25. The number of hydrogen-bond donors (Lipinski definition) is 0. The zero-order valence-corrected chi connectivity index (χ0v) is 11.7. The third kappa shape index (κ3) is 5.37. The van der Waals surface area contributed by atoms with Crippen LogP contribution >= 0.6 is 0 Å². The molecule has 0 aliphatic heterocycles. The van der Waals surface area contributed by atoms with Crippen LogP contribution in [0.4, 0.5) is 13.2 Å². The topological polar surface area (TPSA) is 26.3 Å². The first-order chi connectivity index (χ1) is 7.38. The van der Waals surface area contributed by atoms with Crippen molar-refractivity contribution < 1.29 is 22.4 Å². The van der Waals surface area contributed by atoms with Gasteiger partial charge in [-0.1, -0.05) is 26.7 Å². The number of rotatable bonds is 2. The van der Waals surface area contributed by atoms with Crippen LogP contribution in [0.5, 0.6) is 0 Å². The van der Waals surface area contributed by atoms with Crippen molar-refractivity contribution in [2.24, 2.45) is 0 Å². The maximum Gasteiger partial charge on any atom is 0.462 e. The second kappa shape index (κ2) is 5.23. The highest BCUT2D eigenvalue weighted by atomic mass is 28.4. The van der Waals surface area contributed by atoms with Crippen molar-refractivity contribution >= 4 is 14.1 Å². The predicted octanol–water partition coefficient (Wildman–Crippen LogP) is 3.14. The minimum absolute atomic E-state index is 0.0390. The highest BCUT2D eigenvalue weighted by Crippen LogP contribution is 2.36. The predicted molar refractivity (Wildman–Crippen MR) is 62.0 cm³/mol. The summed E-state index contributed by atoms with van der Waals surface area (Å²) in [5.41, 5.74) is 0. The van der Waals surface area contributed by atoms with Crippen LogP contribution in [-0.2, 0) is 9.22 Å². The molecule has 2 nitrogen and oxygen atoms in total. The Morgan fingerprint density at radius 3 is 2.06 bits per heavy atom. The van der Waals surface area contributed by atoms with E-state index in [9.17, 15) is 18.0 Å². The quantitative estimate of drug-likeness (QED) is 0.436. The van der Waals surface area contributed by atoms with Gasteiger partial charge in [-0.25, -0.2) is 0 Å². The summed E-state index contributed by atoms with van der Waals surface area (Å²) < 4.78 is 40.9. The van der Waals surface area contributed by atoms with Crippen molar-refractivity contribution in [3.05, 3.63) is 0 Å². The minimum Gasteiger partial charge on any atom is -0.406 e. The van der Waals surface area contributed by atoms with E-state index in [1.54, 1.807) is 0 Å². The van der Waals surface area contributed by atoms with Crippen LogP contribution in [0.2, 0.25) is 18.1 Å². The summed E-state index contributed by atoms with van der Waals surface area (Å²) in [6.07, 6.45) is -4.88. The molecular weight excluding hydrogens is 249 g/mol. The smallest absolute Gasteiger partial charge is 0.406 e. The number of Topliss-reactive ketones (excluding diaryl/α,β-unsaturated/α-hetero) is 1. The van der Waals surface area contributed by atoms with Gasteiger partial charge in [0.2, 0.25) is 0 Å². The zero-order chi connectivity index (χ0) is 13.9. The van der Waals surface area contributed by atoms with Gasteiger partial charge >= 0.3 is 12.0 Å². The van der Waals surface area contributed by atoms with Crippen molar-refractivity contribution in [1.29, 1.82) is 0 Å². The van der Waals surface area contributed by atoms with E-state index in [4.69, 9.17) is 4.43 Å². The molecule has 0 radical (unpaired) electrons. The van der Waals surface area contributed by atoms with Gasteiger partial charge in [0, 0.05) is 0 Å². The van der Waals surface area contributed by atoms with Gasteiger partial charge in [-0.05, 0) is 24.1 Å². The van der Waals surface area contributed by atoms with Crippen molar-refractivity contribution in [3.8, 4) is 11.8 Å². The average molecular weight is 266 g/mol. The van der Waals surface area contributed by atoms with Crippen molar-refractivity contribution in [1.82, 2.24) is 0 Å². The zero-order valence-electron chi connectivity index (χ0n) is 10.7. The molecule has 0 aromatic rings. The van der Waals surface area contributed by atoms with E-state index in [1.807, 2.05) is 33.9 Å². The summed E-state index contributed by atoms with van der Waals surface area (Å²) in [6, 6.07) is 0. The molecule has 0 bridgehead atoms. The summed E-state index contributed by atoms with van der Waals surface area (Å²) in [4.78, 5) is 10.4. The molecule has 0 aliphatic rings. The third-order valence-electron chi connectivity index (χ3n) is 2.77. The van der Waals surface area contributed by atoms with E-state index in [-0.39, 0.29) is 11.6 Å². The lowest BCUT2D eigenvalue weighted by molar-refractivity contribution is -0.164. The molecule has 0 saturated heterocycles. The molecule has 6 heteroatoms.